The molecule has 1 aliphatic heterocycles. The maximum absolute atomic E-state index is 12.8. The molecular formula is C17H24N2O5S. The molecule has 0 saturated carbocycles. The zero-order valence-corrected chi connectivity index (χ0v) is 15.4. The fourth-order valence-electron chi connectivity index (χ4n) is 2.69. The summed E-state index contributed by atoms with van der Waals surface area (Å²) >= 11 is 0. The number of nitrogens with zero attached hydrogens (tertiary/aromatic N) is 2. The summed E-state index contributed by atoms with van der Waals surface area (Å²) in [7, 11) is -0.687. The monoisotopic (exact) mass is 368 g/mol. The van der Waals surface area contributed by atoms with Crippen molar-refractivity contribution in [3.63, 3.8) is 0 Å². The molecule has 0 aromatic heterocycles. The Kier molecular flexibility index (Phi) is 6.44. The van der Waals surface area contributed by atoms with Gasteiger partial charge in [0.2, 0.25) is 15.9 Å². The minimum Gasteiger partial charge on any atom is -0.493 e. The van der Waals surface area contributed by atoms with Crippen LogP contribution in [-0.4, -0.2) is 63.9 Å². The van der Waals surface area contributed by atoms with Gasteiger partial charge >= 0.3 is 0 Å². The average Bonchev–Trinajstić information content (AvgIpc) is 2.65. The quantitative estimate of drug-likeness (QED) is 0.682. The highest BCUT2D eigenvalue weighted by Crippen LogP contribution is 2.30. The standard InChI is InChI=1S/C17H24N2O5S/c1-4-5-6-17(20)18-9-11-19(12-10-18)25(21,22)14-7-8-15(23-2)16(13-14)24-3/h4,7-8,13H,1,5-6,9-12H2,2-3H3. The first kappa shape index (κ1) is 19.3. The number of piperazine rings is 1. The van der Waals surface area contributed by atoms with Crippen molar-refractivity contribution in [3.05, 3.63) is 30.9 Å². The molecule has 8 heteroatoms. The van der Waals surface area contributed by atoms with Crippen LogP contribution in [0.15, 0.2) is 35.7 Å². The summed E-state index contributed by atoms with van der Waals surface area (Å²) < 4.78 is 37.3. The summed E-state index contributed by atoms with van der Waals surface area (Å²) in [4.78, 5) is 13.9. The number of hydrogen-bond acceptors (Lipinski definition) is 5. The Morgan fingerprint density at radius 2 is 1.80 bits per heavy atom. The largest absolute Gasteiger partial charge is 0.493 e. The van der Waals surface area contributed by atoms with Gasteiger partial charge < -0.3 is 14.4 Å². The summed E-state index contributed by atoms with van der Waals surface area (Å²) in [5.74, 6) is 0.865. The van der Waals surface area contributed by atoms with Crippen LogP contribution in [0.5, 0.6) is 11.5 Å². The molecule has 0 N–H and O–H groups in total. The Hall–Kier alpha value is -2.06. The number of methoxy groups -OCH3 is 2. The third-order valence-corrected chi connectivity index (χ3v) is 6.04. The molecule has 0 aliphatic carbocycles. The van der Waals surface area contributed by atoms with Crippen LogP contribution in [-0.2, 0) is 14.8 Å². The highest BCUT2D eigenvalue weighted by Gasteiger charge is 2.30. The highest BCUT2D eigenvalue weighted by molar-refractivity contribution is 7.89. The summed E-state index contributed by atoms with van der Waals surface area (Å²) in [5, 5.41) is 0. The number of carbonyl (C=O) groups excluding carboxylic acids is 1. The molecule has 0 atom stereocenters. The molecule has 138 valence electrons. The van der Waals surface area contributed by atoms with Crippen molar-refractivity contribution in [2.24, 2.45) is 0 Å². The Morgan fingerprint density at radius 3 is 2.36 bits per heavy atom. The molecule has 2 rings (SSSR count). The molecular weight excluding hydrogens is 344 g/mol. The van der Waals surface area contributed by atoms with Crippen LogP contribution in [0.25, 0.3) is 0 Å². The van der Waals surface area contributed by atoms with Crippen LogP contribution in [0.4, 0.5) is 0 Å². The molecule has 1 heterocycles. The lowest BCUT2D eigenvalue weighted by Gasteiger charge is -2.34. The molecule has 1 saturated heterocycles. The van der Waals surface area contributed by atoms with E-state index in [2.05, 4.69) is 6.58 Å². The van der Waals surface area contributed by atoms with Crippen LogP contribution in [0.3, 0.4) is 0 Å². The molecule has 0 unspecified atom stereocenters. The van der Waals surface area contributed by atoms with Crippen LogP contribution in [0, 0.1) is 0 Å². The minimum atomic E-state index is -3.64. The summed E-state index contributed by atoms with van der Waals surface area (Å²) in [6.45, 7) is 4.94. The second kappa shape index (κ2) is 8.35. The second-order valence-electron chi connectivity index (χ2n) is 5.63. The normalized spacial score (nSPS) is 15.7. The number of ether oxygens (including phenoxy) is 2. The van der Waals surface area contributed by atoms with E-state index >= 15 is 0 Å². The fourth-order valence-corrected chi connectivity index (χ4v) is 4.13. The summed E-state index contributed by atoms with van der Waals surface area (Å²) in [6, 6.07) is 4.52. The SMILES string of the molecule is C=CCCC(=O)N1CCN(S(=O)(=O)c2ccc(OC)c(OC)c2)CC1. The molecule has 0 bridgehead atoms. The smallest absolute Gasteiger partial charge is 0.243 e. The van der Waals surface area contributed by atoms with Crippen molar-refractivity contribution in [2.75, 3.05) is 40.4 Å². The third kappa shape index (κ3) is 4.32. The minimum absolute atomic E-state index is 0.0306. The summed E-state index contributed by atoms with van der Waals surface area (Å²) in [5.41, 5.74) is 0. The van der Waals surface area contributed by atoms with E-state index in [0.29, 0.717) is 37.4 Å². The number of benzene rings is 1. The lowest BCUT2D eigenvalue weighted by molar-refractivity contribution is -0.132. The van der Waals surface area contributed by atoms with Gasteiger partial charge in [0.1, 0.15) is 0 Å². The van der Waals surface area contributed by atoms with Gasteiger partial charge in [0.15, 0.2) is 11.5 Å². The van der Waals surface area contributed by atoms with Crippen molar-refractivity contribution in [1.29, 1.82) is 0 Å². The van der Waals surface area contributed by atoms with E-state index in [1.807, 2.05) is 0 Å². The maximum atomic E-state index is 12.8. The molecule has 7 nitrogen and oxygen atoms in total. The van der Waals surface area contributed by atoms with Gasteiger partial charge in [0.25, 0.3) is 0 Å². The van der Waals surface area contributed by atoms with E-state index in [-0.39, 0.29) is 23.9 Å². The lowest BCUT2D eigenvalue weighted by Crippen LogP contribution is -2.50. The van der Waals surface area contributed by atoms with Crippen LogP contribution in [0.1, 0.15) is 12.8 Å². The highest BCUT2D eigenvalue weighted by atomic mass is 32.2. The van der Waals surface area contributed by atoms with Gasteiger partial charge in [-0.15, -0.1) is 6.58 Å². The van der Waals surface area contributed by atoms with Crippen LogP contribution >= 0.6 is 0 Å². The molecule has 0 spiro atoms. The molecule has 1 aliphatic rings. The second-order valence-corrected chi connectivity index (χ2v) is 7.57. The van der Waals surface area contributed by atoms with Crippen LogP contribution < -0.4 is 9.47 Å². The zero-order chi connectivity index (χ0) is 18.4. The molecule has 1 amide bonds. The fraction of sp³-hybridized carbons (Fsp3) is 0.471. The Bertz CT molecular complexity index is 725. The average molecular weight is 368 g/mol. The number of allylic oxidation sites excluding steroid dienone is 1. The van der Waals surface area contributed by atoms with Gasteiger partial charge in [0, 0.05) is 38.7 Å². The van der Waals surface area contributed by atoms with Crippen LogP contribution in [0.2, 0.25) is 0 Å². The van der Waals surface area contributed by atoms with E-state index in [4.69, 9.17) is 9.47 Å². The third-order valence-electron chi connectivity index (χ3n) is 4.15. The Labute approximate surface area is 148 Å². The topological polar surface area (TPSA) is 76.2 Å². The van der Waals surface area contributed by atoms with E-state index in [1.54, 1.807) is 17.0 Å². The van der Waals surface area contributed by atoms with E-state index < -0.39 is 10.0 Å². The predicted octanol–water partition coefficient (Wildman–Crippen LogP) is 1.50. The molecule has 25 heavy (non-hydrogen) atoms. The first-order chi connectivity index (χ1) is 11.9. The van der Waals surface area contributed by atoms with Crippen molar-refractivity contribution in [3.8, 4) is 11.5 Å². The molecule has 0 radical (unpaired) electrons. The van der Waals surface area contributed by atoms with Crippen molar-refractivity contribution >= 4 is 15.9 Å². The van der Waals surface area contributed by atoms with Gasteiger partial charge in [-0.2, -0.15) is 4.31 Å². The molecule has 1 aromatic rings. The molecule has 1 fully saturated rings. The Balaban J connectivity index is 2.09. The van der Waals surface area contributed by atoms with Crippen molar-refractivity contribution < 1.29 is 22.7 Å². The maximum Gasteiger partial charge on any atom is 0.243 e. The van der Waals surface area contributed by atoms with E-state index in [9.17, 15) is 13.2 Å². The lowest BCUT2D eigenvalue weighted by atomic mass is 10.2. The number of carbonyl (C=O) groups is 1. The van der Waals surface area contributed by atoms with Crippen molar-refractivity contribution in [2.45, 2.75) is 17.7 Å². The summed E-state index contributed by atoms with van der Waals surface area (Å²) in [6.07, 6.45) is 2.74. The van der Waals surface area contributed by atoms with E-state index in [1.165, 1.54) is 30.7 Å². The van der Waals surface area contributed by atoms with Gasteiger partial charge in [-0.25, -0.2) is 8.42 Å². The molecule has 1 aromatic carbocycles. The van der Waals surface area contributed by atoms with Gasteiger partial charge in [0.05, 0.1) is 19.1 Å². The zero-order valence-electron chi connectivity index (χ0n) is 14.6. The first-order valence-electron chi connectivity index (χ1n) is 8.05. The van der Waals surface area contributed by atoms with Gasteiger partial charge in [-0.05, 0) is 18.6 Å². The van der Waals surface area contributed by atoms with Crippen molar-refractivity contribution in [1.82, 2.24) is 9.21 Å². The van der Waals surface area contributed by atoms with Gasteiger partial charge in [-0.1, -0.05) is 6.08 Å². The number of sulfonamides is 1. The Morgan fingerprint density at radius 1 is 1.16 bits per heavy atom. The number of rotatable bonds is 7. The first-order valence-corrected chi connectivity index (χ1v) is 9.49. The van der Waals surface area contributed by atoms with E-state index in [0.717, 1.165) is 0 Å². The van der Waals surface area contributed by atoms with Gasteiger partial charge in [-0.3, -0.25) is 4.79 Å². The predicted molar refractivity (Wildman–Crippen MR) is 94.3 cm³/mol. The number of hydrogen-bond donors (Lipinski definition) is 0. The number of amides is 1.